The number of rotatable bonds is 22. The SMILES string of the molecule is CCCCCCCCCCCCOC(=O)CCCCCNC(=O)CCCCCN. The Kier molecular flexibility index (Phi) is 22.3. The highest BCUT2D eigenvalue weighted by Gasteiger charge is 2.03. The van der Waals surface area contributed by atoms with E-state index in [1.54, 1.807) is 0 Å². The van der Waals surface area contributed by atoms with Crippen LogP contribution in [0.15, 0.2) is 0 Å². The minimum atomic E-state index is -0.0788. The first-order valence-electron chi connectivity index (χ1n) is 12.3. The molecule has 0 aliphatic carbocycles. The molecule has 29 heavy (non-hydrogen) atoms. The Bertz CT molecular complexity index is 375. The van der Waals surface area contributed by atoms with Gasteiger partial charge in [0, 0.05) is 19.4 Å². The fourth-order valence-electron chi connectivity index (χ4n) is 3.34. The van der Waals surface area contributed by atoms with Crippen molar-refractivity contribution in [1.82, 2.24) is 5.32 Å². The zero-order chi connectivity index (χ0) is 21.4. The van der Waals surface area contributed by atoms with Crippen molar-refractivity contribution in [1.29, 1.82) is 0 Å². The first-order valence-corrected chi connectivity index (χ1v) is 12.3. The van der Waals surface area contributed by atoms with E-state index in [-0.39, 0.29) is 11.9 Å². The Morgan fingerprint density at radius 3 is 1.90 bits per heavy atom. The topological polar surface area (TPSA) is 81.4 Å². The number of ether oxygens (including phenoxy) is 1. The van der Waals surface area contributed by atoms with Gasteiger partial charge in [0.15, 0.2) is 0 Å². The highest BCUT2D eigenvalue weighted by molar-refractivity contribution is 5.75. The summed E-state index contributed by atoms with van der Waals surface area (Å²) in [6.45, 7) is 4.21. The minimum absolute atomic E-state index is 0.0788. The normalized spacial score (nSPS) is 10.8. The second-order valence-electron chi connectivity index (χ2n) is 8.16. The van der Waals surface area contributed by atoms with Crippen molar-refractivity contribution in [3.63, 3.8) is 0 Å². The number of carbonyl (C=O) groups excluding carboxylic acids is 2. The third kappa shape index (κ3) is 23.0. The molecule has 172 valence electrons. The Labute approximate surface area is 179 Å². The number of unbranched alkanes of at least 4 members (excludes halogenated alkanes) is 13. The molecule has 0 bridgehead atoms. The van der Waals surface area contributed by atoms with Crippen LogP contribution in [-0.4, -0.2) is 31.6 Å². The largest absolute Gasteiger partial charge is 0.466 e. The summed E-state index contributed by atoms with van der Waals surface area (Å²) in [5.74, 6) is 0.0442. The number of nitrogens with one attached hydrogen (secondary N) is 1. The van der Waals surface area contributed by atoms with Crippen molar-refractivity contribution in [2.75, 3.05) is 19.7 Å². The molecule has 0 saturated carbocycles. The maximum Gasteiger partial charge on any atom is 0.305 e. The van der Waals surface area contributed by atoms with Crippen molar-refractivity contribution < 1.29 is 14.3 Å². The number of amides is 1. The number of esters is 1. The first-order chi connectivity index (χ1) is 14.2. The monoisotopic (exact) mass is 412 g/mol. The Hall–Kier alpha value is -1.10. The van der Waals surface area contributed by atoms with Gasteiger partial charge < -0.3 is 15.8 Å². The number of hydrogen-bond acceptors (Lipinski definition) is 4. The van der Waals surface area contributed by atoms with Gasteiger partial charge in [0.2, 0.25) is 5.91 Å². The van der Waals surface area contributed by atoms with Gasteiger partial charge in [-0.2, -0.15) is 0 Å². The third-order valence-corrected chi connectivity index (χ3v) is 5.25. The average Bonchev–Trinajstić information content (AvgIpc) is 2.72. The summed E-state index contributed by atoms with van der Waals surface area (Å²) < 4.78 is 5.31. The minimum Gasteiger partial charge on any atom is -0.466 e. The molecule has 0 aromatic heterocycles. The summed E-state index contributed by atoms with van der Waals surface area (Å²) in [7, 11) is 0. The van der Waals surface area contributed by atoms with E-state index in [4.69, 9.17) is 10.5 Å². The first kappa shape index (κ1) is 27.9. The molecule has 0 heterocycles. The van der Waals surface area contributed by atoms with Gasteiger partial charge in [-0.3, -0.25) is 9.59 Å². The lowest BCUT2D eigenvalue weighted by Gasteiger charge is -2.06. The fraction of sp³-hybridized carbons (Fsp3) is 0.917. The van der Waals surface area contributed by atoms with E-state index < -0.39 is 0 Å². The Morgan fingerprint density at radius 2 is 1.24 bits per heavy atom. The van der Waals surface area contributed by atoms with Gasteiger partial charge in [-0.15, -0.1) is 0 Å². The van der Waals surface area contributed by atoms with Gasteiger partial charge >= 0.3 is 5.97 Å². The summed E-state index contributed by atoms with van der Waals surface area (Å²) in [5.41, 5.74) is 5.43. The van der Waals surface area contributed by atoms with E-state index in [9.17, 15) is 9.59 Å². The molecule has 0 unspecified atom stereocenters. The molecule has 5 nitrogen and oxygen atoms in total. The van der Waals surface area contributed by atoms with Crippen molar-refractivity contribution in [3.05, 3.63) is 0 Å². The van der Waals surface area contributed by atoms with E-state index in [0.717, 1.165) is 51.4 Å². The molecule has 5 heteroatoms. The molecule has 0 aromatic rings. The molecule has 0 fully saturated rings. The van der Waals surface area contributed by atoms with Crippen LogP contribution in [0.5, 0.6) is 0 Å². The zero-order valence-corrected chi connectivity index (χ0v) is 19.2. The standard InChI is InChI=1S/C24H48N2O3/c1-2-3-4-5-6-7-8-9-10-17-22-29-24(28)19-14-12-16-21-26-23(27)18-13-11-15-20-25/h2-22,25H2,1H3,(H,26,27). The maximum atomic E-state index is 11.7. The summed E-state index contributed by atoms with van der Waals surface area (Å²) in [5, 5.41) is 2.94. The molecule has 0 saturated heterocycles. The van der Waals surface area contributed by atoms with E-state index in [1.807, 2.05) is 0 Å². The summed E-state index contributed by atoms with van der Waals surface area (Å²) in [4.78, 5) is 23.3. The van der Waals surface area contributed by atoms with Crippen molar-refractivity contribution in [2.24, 2.45) is 5.73 Å². The lowest BCUT2D eigenvalue weighted by Crippen LogP contribution is -2.24. The van der Waals surface area contributed by atoms with E-state index in [1.165, 1.54) is 51.4 Å². The zero-order valence-electron chi connectivity index (χ0n) is 19.2. The van der Waals surface area contributed by atoms with Crippen LogP contribution in [0.2, 0.25) is 0 Å². The molecule has 0 aliphatic heterocycles. The lowest BCUT2D eigenvalue weighted by atomic mass is 10.1. The van der Waals surface area contributed by atoms with E-state index in [0.29, 0.717) is 32.5 Å². The number of carbonyl (C=O) groups is 2. The molecule has 0 aromatic carbocycles. The summed E-state index contributed by atoms with van der Waals surface area (Å²) in [6.07, 6.45) is 19.6. The maximum absolute atomic E-state index is 11.7. The van der Waals surface area contributed by atoms with Crippen LogP contribution in [0.3, 0.4) is 0 Å². The average molecular weight is 413 g/mol. The van der Waals surface area contributed by atoms with E-state index in [2.05, 4.69) is 12.2 Å². The highest BCUT2D eigenvalue weighted by atomic mass is 16.5. The number of hydrogen-bond donors (Lipinski definition) is 2. The van der Waals surface area contributed by atoms with Gasteiger partial charge in [-0.05, 0) is 38.6 Å². The second kappa shape index (κ2) is 23.2. The predicted molar refractivity (Wildman–Crippen MR) is 122 cm³/mol. The smallest absolute Gasteiger partial charge is 0.305 e. The van der Waals surface area contributed by atoms with Crippen LogP contribution < -0.4 is 11.1 Å². The third-order valence-electron chi connectivity index (χ3n) is 5.25. The highest BCUT2D eigenvalue weighted by Crippen LogP contribution is 2.10. The quantitative estimate of drug-likeness (QED) is 0.178. The van der Waals surface area contributed by atoms with Crippen molar-refractivity contribution in [2.45, 2.75) is 122 Å². The van der Waals surface area contributed by atoms with Gasteiger partial charge in [-0.25, -0.2) is 0 Å². The molecule has 0 aliphatic rings. The van der Waals surface area contributed by atoms with Crippen LogP contribution in [0.4, 0.5) is 0 Å². The lowest BCUT2D eigenvalue weighted by molar-refractivity contribution is -0.143. The van der Waals surface area contributed by atoms with Crippen LogP contribution in [0.1, 0.15) is 122 Å². The molecule has 0 rings (SSSR count). The fourth-order valence-corrected chi connectivity index (χ4v) is 3.34. The van der Waals surface area contributed by atoms with Gasteiger partial charge in [0.25, 0.3) is 0 Å². The molecular weight excluding hydrogens is 364 g/mol. The molecule has 1 amide bonds. The second-order valence-corrected chi connectivity index (χ2v) is 8.16. The van der Waals surface area contributed by atoms with Gasteiger partial charge in [0.05, 0.1) is 6.61 Å². The van der Waals surface area contributed by atoms with Gasteiger partial charge in [0.1, 0.15) is 0 Å². The van der Waals surface area contributed by atoms with Crippen molar-refractivity contribution in [3.8, 4) is 0 Å². The van der Waals surface area contributed by atoms with Crippen molar-refractivity contribution >= 4 is 11.9 Å². The number of nitrogens with two attached hydrogens (primary N) is 1. The molecule has 0 atom stereocenters. The van der Waals surface area contributed by atoms with Crippen LogP contribution in [0.25, 0.3) is 0 Å². The molecule has 0 spiro atoms. The van der Waals surface area contributed by atoms with Gasteiger partial charge in [-0.1, -0.05) is 77.6 Å². The van der Waals surface area contributed by atoms with E-state index >= 15 is 0 Å². The Morgan fingerprint density at radius 1 is 0.690 bits per heavy atom. The molecule has 0 radical (unpaired) electrons. The Balaban J connectivity index is 3.25. The van der Waals surface area contributed by atoms with Crippen LogP contribution in [0, 0.1) is 0 Å². The molecular formula is C24H48N2O3. The predicted octanol–water partition coefficient (Wildman–Crippen LogP) is 5.65. The van der Waals surface area contributed by atoms with Crippen LogP contribution in [-0.2, 0) is 14.3 Å². The molecule has 3 N–H and O–H groups in total. The summed E-state index contributed by atoms with van der Waals surface area (Å²) >= 11 is 0. The van der Waals surface area contributed by atoms with Crippen LogP contribution >= 0.6 is 0 Å². The summed E-state index contributed by atoms with van der Waals surface area (Å²) in [6, 6.07) is 0.